The van der Waals surface area contributed by atoms with Gasteiger partial charge in [-0.05, 0) is 52.1 Å². The van der Waals surface area contributed by atoms with Gasteiger partial charge in [0.05, 0.1) is 12.0 Å². The van der Waals surface area contributed by atoms with Gasteiger partial charge < -0.3 is 15.0 Å². The molecule has 2 fully saturated rings. The molecule has 2 heterocycles. The number of carbonyl (C=O) groups excluding carboxylic acids is 1. The summed E-state index contributed by atoms with van der Waals surface area (Å²) in [5.41, 5.74) is -0.272. The number of likely N-dealkylation sites (tertiary alicyclic amines) is 1. The van der Waals surface area contributed by atoms with Crippen LogP contribution in [0.25, 0.3) is 0 Å². The molecule has 2 aliphatic heterocycles. The molecule has 1 unspecified atom stereocenters. The Morgan fingerprint density at radius 3 is 2.63 bits per heavy atom. The van der Waals surface area contributed by atoms with Crippen LogP contribution in [0, 0.1) is 5.41 Å². The van der Waals surface area contributed by atoms with E-state index in [-0.39, 0.29) is 17.8 Å². The average molecular weight is 291 g/mol. The number of methoxy groups -OCH3 is 1. The molecule has 4 nitrogen and oxygen atoms in total. The summed E-state index contributed by atoms with van der Waals surface area (Å²) < 4.78 is 5.36. The number of hydrogen-bond donors (Lipinski definition) is 1. The monoisotopic (exact) mass is 290 g/mol. The Morgan fingerprint density at radius 2 is 2.05 bits per heavy atom. The van der Waals surface area contributed by atoms with E-state index in [2.05, 4.69) is 17.1 Å². The molecule has 2 rings (SSSR count). The zero-order chi connectivity index (χ0) is 13.0. The zero-order valence-electron chi connectivity index (χ0n) is 12.1. The first kappa shape index (κ1) is 16.7. The van der Waals surface area contributed by atoms with Gasteiger partial charge in [0.2, 0.25) is 5.91 Å². The summed E-state index contributed by atoms with van der Waals surface area (Å²) in [5.74, 6) is 0.332. The second-order valence-corrected chi connectivity index (χ2v) is 5.81. The van der Waals surface area contributed by atoms with Crippen molar-refractivity contribution in [2.24, 2.45) is 5.41 Å². The lowest BCUT2D eigenvalue weighted by Gasteiger charge is -2.43. The van der Waals surface area contributed by atoms with Crippen molar-refractivity contribution in [2.45, 2.75) is 45.1 Å². The average Bonchev–Trinajstić information content (AvgIpc) is 2.40. The van der Waals surface area contributed by atoms with E-state index >= 15 is 0 Å². The molecule has 0 aromatic rings. The summed E-state index contributed by atoms with van der Waals surface area (Å²) in [6, 6.07) is 0.398. The predicted molar refractivity (Wildman–Crippen MR) is 78.7 cm³/mol. The van der Waals surface area contributed by atoms with Crippen molar-refractivity contribution in [3.63, 3.8) is 0 Å². The van der Waals surface area contributed by atoms with Crippen molar-refractivity contribution in [3.8, 4) is 0 Å². The molecule has 0 radical (unpaired) electrons. The molecular formula is C14H27ClN2O2. The number of nitrogens with one attached hydrogen (secondary N) is 1. The van der Waals surface area contributed by atoms with E-state index in [9.17, 15) is 4.79 Å². The molecule has 0 aliphatic carbocycles. The number of halogens is 1. The first-order chi connectivity index (χ1) is 8.69. The van der Waals surface area contributed by atoms with E-state index in [1.54, 1.807) is 7.11 Å². The van der Waals surface area contributed by atoms with Crippen molar-refractivity contribution in [3.05, 3.63) is 0 Å². The van der Waals surface area contributed by atoms with Gasteiger partial charge in [-0.1, -0.05) is 0 Å². The van der Waals surface area contributed by atoms with Gasteiger partial charge in [0.15, 0.2) is 0 Å². The normalized spacial score (nSPS) is 26.6. The highest BCUT2D eigenvalue weighted by Gasteiger charge is 2.43. The van der Waals surface area contributed by atoms with Crippen LogP contribution < -0.4 is 5.32 Å². The third-order valence-electron chi connectivity index (χ3n) is 4.50. The fourth-order valence-electron chi connectivity index (χ4n) is 3.31. The summed E-state index contributed by atoms with van der Waals surface area (Å²) in [4.78, 5) is 15.0. The number of amides is 1. The number of hydrogen-bond acceptors (Lipinski definition) is 3. The summed E-state index contributed by atoms with van der Waals surface area (Å²) >= 11 is 0. The minimum absolute atomic E-state index is 0. The lowest BCUT2D eigenvalue weighted by molar-refractivity contribution is -0.151. The second-order valence-electron chi connectivity index (χ2n) is 5.81. The van der Waals surface area contributed by atoms with Gasteiger partial charge in [-0.25, -0.2) is 0 Å². The van der Waals surface area contributed by atoms with Crippen LogP contribution in [0.2, 0.25) is 0 Å². The van der Waals surface area contributed by atoms with Crippen molar-refractivity contribution in [1.29, 1.82) is 0 Å². The molecule has 112 valence electrons. The van der Waals surface area contributed by atoms with Crippen LogP contribution in [0.3, 0.4) is 0 Å². The Kier molecular flexibility index (Phi) is 6.57. The maximum absolute atomic E-state index is 12.9. The van der Waals surface area contributed by atoms with Gasteiger partial charge in [0.1, 0.15) is 0 Å². The van der Waals surface area contributed by atoms with E-state index in [1.807, 2.05) is 0 Å². The third kappa shape index (κ3) is 3.61. The summed E-state index contributed by atoms with van der Waals surface area (Å²) in [6.45, 7) is 5.53. The lowest BCUT2D eigenvalue weighted by atomic mass is 9.77. The lowest BCUT2D eigenvalue weighted by Crippen LogP contribution is -2.54. The molecule has 0 bridgehead atoms. The molecule has 1 N–H and O–H groups in total. The van der Waals surface area contributed by atoms with E-state index in [0.29, 0.717) is 18.6 Å². The highest BCUT2D eigenvalue weighted by molar-refractivity contribution is 5.85. The number of nitrogens with zero attached hydrogens (tertiary/aromatic N) is 1. The standard InChI is InChI=1S/C14H26N2O2.ClH/c1-12-5-3-4-10-16(12)13(17)14(11-18-2)6-8-15-9-7-14;/h12,15H,3-11H2,1-2H3;1H. The van der Waals surface area contributed by atoms with E-state index < -0.39 is 0 Å². The van der Waals surface area contributed by atoms with Crippen LogP contribution in [0.1, 0.15) is 39.0 Å². The van der Waals surface area contributed by atoms with E-state index in [0.717, 1.165) is 45.3 Å². The van der Waals surface area contributed by atoms with Gasteiger partial charge in [-0.15, -0.1) is 12.4 Å². The molecule has 2 saturated heterocycles. The predicted octanol–water partition coefficient (Wildman–Crippen LogP) is 1.83. The van der Waals surface area contributed by atoms with Crippen LogP contribution in [0.5, 0.6) is 0 Å². The topological polar surface area (TPSA) is 41.6 Å². The molecule has 0 aromatic heterocycles. The van der Waals surface area contributed by atoms with E-state index in [4.69, 9.17) is 4.74 Å². The van der Waals surface area contributed by atoms with Crippen LogP contribution in [0.15, 0.2) is 0 Å². The van der Waals surface area contributed by atoms with Gasteiger partial charge >= 0.3 is 0 Å². The maximum Gasteiger partial charge on any atom is 0.231 e. The SMILES string of the molecule is COCC1(C(=O)N2CCCCC2C)CCNCC1.Cl. The fourth-order valence-corrected chi connectivity index (χ4v) is 3.31. The number of rotatable bonds is 3. The molecule has 1 amide bonds. The molecule has 5 heteroatoms. The number of ether oxygens (including phenoxy) is 1. The summed E-state index contributed by atoms with van der Waals surface area (Å²) in [7, 11) is 1.71. The van der Waals surface area contributed by atoms with Gasteiger partial charge in [0, 0.05) is 19.7 Å². The maximum atomic E-state index is 12.9. The largest absolute Gasteiger partial charge is 0.384 e. The molecule has 1 atom stereocenters. The summed E-state index contributed by atoms with van der Waals surface area (Å²) in [6.07, 6.45) is 5.36. The van der Waals surface area contributed by atoms with Gasteiger partial charge in [-0.2, -0.15) is 0 Å². The fraction of sp³-hybridized carbons (Fsp3) is 0.929. The Labute approximate surface area is 122 Å². The number of piperidine rings is 2. The Morgan fingerprint density at radius 1 is 1.37 bits per heavy atom. The molecule has 0 saturated carbocycles. The Hall–Kier alpha value is -0.320. The van der Waals surface area contributed by atoms with Crippen LogP contribution >= 0.6 is 12.4 Å². The van der Waals surface area contributed by atoms with Gasteiger partial charge in [-0.3, -0.25) is 4.79 Å². The first-order valence-corrected chi connectivity index (χ1v) is 7.20. The highest BCUT2D eigenvalue weighted by Crippen LogP contribution is 2.33. The molecular weight excluding hydrogens is 264 g/mol. The Bertz CT molecular complexity index is 288. The second kappa shape index (κ2) is 7.46. The molecule has 2 aliphatic rings. The third-order valence-corrected chi connectivity index (χ3v) is 4.50. The quantitative estimate of drug-likeness (QED) is 0.862. The van der Waals surface area contributed by atoms with Crippen LogP contribution in [-0.2, 0) is 9.53 Å². The smallest absolute Gasteiger partial charge is 0.231 e. The van der Waals surface area contributed by atoms with Gasteiger partial charge in [0.25, 0.3) is 0 Å². The minimum atomic E-state index is -0.272. The van der Waals surface area contributed by atoms with E-state index in [1.165, 1.54) is 6.42 Å². The van der Waals surface area contributed by atoms with Crippen LogP contribution in [-0.4, -0.2) is 50.2 Å². The summed E-state index contributed by atoms with van der Waals surface area (Å²) in [5, 5.41) is 3.34. The molecule has 19 heavy (non-hydrogen) atoms. The van der Waals surface area contributed by atoms with Crippen LogP contribution in [0.4, 0.5) is 0 Å². The highest BCUT2D eigenvalue weighted by atomic mass is 35.5. The van der Waals surface area contributed by atoms with Crippen molar-refractivity contribution >= 4 is 18.3 Å². The molecule has 0 aromatic carbocycles. The number of carbonyl (C=O) groups is 1. The minimum Gasteiger partial charge on any atom is -0.384 e. The Balaban J connectivity index is 0.00000180. The van der Waals surface area contributed by atoms with Crippen molar-refractivity contribution in [2.75, 3.05) is 33.4 Å². The van der Waals surface area contributed by atoms with Crippen molar-refractivity contribution < 1.29 is 9.53 Å². The first-order valence-electron chi connectivity index (χ1n) is 7.20. The zero-order valence-corrected chi connectivity index (χ0v) is 12.9. The molecule has 0 spiro atoms. The van der Waals surface area contributed by atoms with Crippen molar-refractivity contribution in [1.82, 2.24) is 10.2 Å².